The van der Waals surface area contributed by atoms with Crippen molar-refractivity contribution in [3.63, 3.8) is 0 Å². The summed E-state index contributed by atoms with van der Waals surface area (Å²) in [5.41, 5.74) is 1.04. The maximum absolute atomic E-state index is 12.3. The first-order valence-corrected chi connectivity index (χ1v) is 7.47. The first-order valence-electron chi connectivity index (χ1n) is 7.09. The summed E-state index contributed by atoms with van der Waals surface area (Å²) in [5, 5.41) is 3.93. The number of anilines is 1. The Kier molecular flexibility index (Phi) is 3.96. The topological polar surface area (TPSA) is 73.8 Å². The van der Waals surface area contributed by atoms with Gasteiger partial charge in [-0.25, -0.2) is 9.78 Å². The summed E-state index contributed by atoms with van der Waals surface area (Å²) in [4.78, 5) is 28.4. The Morgan fingerprint density at radius 1 is 1.13 bits per heavy atom. The van der Waals surface area contributed by atoms with Crippen molar-refractivity contribution in [3.8, 4) is 0 Å². The Bertz CT molecular complexity index is 968. The molecule has 3 aromatic rings. The molecule has 7 nitrogen and oxygen atoms in total. The fourth-order valence-corrected chi connectivity index (χ4v) is 2.58. The first kappa shape index (κ1) is 15.4. The van der Waals surface area contributed by atoms with Gasteiger partial charge in [0.25, 0.3) is 5.56 Å². The van der Waals surface area contributed by atoms with E-state index in [1.807, 2.05) is 24.3 Å². The molecule has 2 heterocycles. The highest BCUT2D eigenvalue weighted by atomic mass is 35.5. The Morgan fingerprint density at radius 2 is 1.83 bits per heavy atom. The van der Waals surface area contributed by atoms with Crippen LogP contribution >= 0.6 is 11.6 Å². The van der Waals surface area contributed by atoms with Gasteiger partial charge in [-0.3, -0.25) is 13.9 Å². The number of halogens is 1. The summed E-state index contributed by atoms with van der Waals surface area (Å²) in [5.74, 6) is 0. The van der Waals surface area contributed by atoms with E-state index in [-0.39, 0.29) is 11.2 Å². The van der Waals surface area contributed by atoms with E-state index in [4.69, 9.17) is 11.6 Å². The van der Waals surface area contributed by atoms with Crippen molar-refractivity contribution in [1.29, 1.82) is 0 Å². The minimum Gasteiger partial charge on any atom is -0.383 e. The number of aryl methyl sites for hydroxylation is 1. The van der Waals surface area contributed by atoms with E-state index >= 15 is 0 Å². The van der Waals surface area contributed by atoms with Gasteiger partial charge < -0.3 is 9.88 Å². The van der Waals surface area contributed by atoms with Gasteiger partial charge in [-0.15, -0.1) is 0 Å². The second-order valence-electron chi connectivity index (χ2n) is 5.25. The van der Waals surface area contributed by atoms with Crippen LogP contribution in [0.3, 0.4) is 0 Å². The molecule has 8 heteroatoms. The molecule has 0 saturated carbocycles. The second kappa shape index (κ2) is 5.92. The Balaban J connectivity index is 1.85. The van der Waals surface area contributed by atoms with Crippen LogP contribution in [-0.2, 0) is 20.6 Å². The maximum Gasteiger partial charge on any atom is 0.332 e. The van der Waals surface area contributed by atoms with E-state index in [1.165, 1.54) is 11.6 Å². The van der Waals surface area contributed by atoms with Crippen molar-refractivity contribution in [2.75, 3.05) is 11.9 Å². The van der Waals surface area contributed by atoms with Crippen molar-refractivity contribution in [1.82, 2.24) is 18.7 Å². The third kappa shape index (κ3) is 2.75. The Hall–Kier alpha value is -2.54. The first-order chi connectivity index (χ1) is 11.0. The molecule has 0 atom stereocenters. The Morgan fingerprint density at radius 3 is 2.52 bits per heavy atom. The zero-order valence-corrected chi connectivity index (χ0v) is 13.5. The van der Waals surface area contributed by atoms with Crippen LogP contribution in [0.15, 0.2) is 40.2 Å². The molecule has 1 N–H and O–H groups in total. The third-order valence-corrected chi connectivity index (χ3v) is 4.00. The van der Waals surface area contributed by atoms with E-state index in [2.05, 4.69) is 10.3 Å². The SMILES string of the molecule is Cn1c(=O)c2c(ncn2CCNc2ccc(Cl)cc2)n(C)c1=O. The van der Waals surface area contributed by atoms with Gasteiger partial charge in [-0.05, 0) is 24.3 Å². The smallest absolute Gasteiger partial charge is 0.332 e. The number of rotatable bonds is 4. The molecule has 1 aromatic carbocycles. The zero-order chi connectivity index (χ0) is 16.6. The number of nitrogens with zero attached hydrogens (tertiary/aromatic N) is 4. The fraction of sp³-hybridized carbons (Fsp3) is 0.267. The lowest BCUT2D eigenvalue weighted by Crippen LogP contribution is -2.37. The van der Waals surface area contributed by atoms with Crippen LogP contribution in [0.5, 0.6) is 0 Å². The van der Waals surface area contributed by atoms with Crippen LogP contribution in [0.4, 0.5) is 5.69 Å². The number of benzene rings is 1. The van der Waals surface area contributed by atoms with Gasteiger partial charge in [-0.2, -0.15) is 0 Å². The molecular formula is C15H16ClN5O2. The van der Waals surface area contributed by atoms with Gasteiger partial charge >= 0.3 is 5.69 Å². The highest BCUT2D eigenvalue weighted by Gasteiger charge is 2.13. The average Bonchev–Trinajstić information content (AvgIpc) is 2.97. The lowest BCUT2D eigenvalue weighted by atomic mass is 10.3. The quantitative estimate of drug-likeness (QED) is 0.778. The third-order valence-electron chi connectivity index (χ3n) is 3.74. The second-order valence-corrected chi connectivity index (χ2v) is 5.69. The normalized spacial score (nSPS) is 11.1. The highest BCUT2D eigenvalue weighted by molar-refractivity contribution is 6.30. The number of aromatic nitrogens is 4. The van der Waals surface area contributed by atoms with Crippen LogP contribution in [0, 0.1) is 0 Å². The standard InChI is InChI=1S/C15H16ClN5O2/c1-19-13-12(14(22)20(2)15(19)23)21(9-18-13)8-7-17-11-5-3-10(16)4-6-11/h3-6,9,17H,7-8H2,1-2H3. The molecule has 0 bridgehead atoms. The van der Waals surface area contributed by atoms with Crippen molar-refractivity contribution in [2.45, 2.75) is 6.54 Å². The summed E-state index contributed by atoms with van der Waals surface area (Å²) in [7, 11) is 3.07. The summed E-state index contributed by atoms with van der Waals surface area (Å²) in [6, 6.07) is 7.39. The molecular weight excluding hydrogens is 318 g/mol. The van der Waals surface area contributed by atoms with Crippen LogP contribution in [-0.4, -0.2) is 25.2 Å². The van der Waals surface area contributed by atoms with E-state index in [0.29, 0.717) is 29.3 Å². The van der Waals surface area contributed by atoms with Gasteiger partial charge in [0.1, 0.15) is 0 Å². The largest absolute Gasteiger partial charge is 0.383 e. The predicted octanol–water partition coefficient (Wildman–Crippen LogP) is 1.20. The van der Waals surface area contributed by atoms with Crippen molar-refractivity contribution >= 4 is 28.5 Å². The summed E-state index contributed by atoms with van der Waals surface area (Å²) >= 11 is 5.85. The van der Waals surface area contributed by atoms with Crippen molar-refractivity contribution in [2.24, 2.45) is 14.1 Å². The monoisotopic (exact) mass is 333 g/mol. The van der Waals surface area contributed by atoms with Crippen molar-refractivity contribution in [3.05, 3.63) is 56.5 Å². The minimum absolute atomic E-state index is 0.341. The number of nitrogens with one attached hydrogen (secondary N) is 1. The molecule has 0 spiro atoms. The predicted molar refractivity (Wildman–Crippen MR) is 90.2 cm³/mol. The molecule has 0 aliphatic rings. The van der Waals surface area contributed by atoms with Gasteiger partial charge in [0, 0.05) is 37.9 Å². The van der Waals surface area contributed by atoms with Gasteiger partial charge in [0.05, 0.1) is 6.33 Å². The lowest BCUT2D eigenvalue weighted by molar-refractivity contribution is 0.695. The maximum atomic E-state index is 12.3. The number of hydrogen-bond acceptors (Lipinski definition) is 4. The zero-order valence-electron chi connectivity index (χ0n) is 12.8. The van der Waals surface area contributed by atoms with E-state index in [0.717, 1.165) is 10.3 Å². The van der Waals surface area contributed by atoms with E-state index in [1.54, 1.807) is 17.9 Å². The fourth-order valence-electron chi connectivity index (χ4n) is 2.45. The number of imidazole rings is 1. The molecule has 0 unspecified atom stereocenters. The number of hydrogen-bond donors (Lipinski definition) is 1. The molecule has 0 amide bonds. The van der Waals surface area contributed by atoms with Crippen LogP contribution in [0.2, 0.25) is 5.02 Å². The molecule has 3 rings (SSSR count). The average molecular weight is 334 g/mol. The molecule has 0 aliphatic heterocycles. The molecule has 0 aliphatic carbocycles. The van der Waals surface area contributed by atoms with E-state index in [9.17, 15) is 9.59 Å². The highest BCUT2D eigenvalue weighted by Crippen LogP contribution is 2.13. The van der Waals surface area contributed by atoms with Gasteiger partial charge in [0.15, 0.2) is 11.2 Å². The minimum atomic E-state index is -0.382. The van der Waals surface area contributed by atoms with Crippen molar-refractivity contribution < 1.29 is 0 Å². The van der Waals surface area contributed by atoms with Gasteiger partial charge in [0.2, 0.25) is 0 Å². The van der Waals surface area contributed by atoms with E-state index < -0.39 is 0 Å². The molecule has 120 valence electrons. The molecule has 0 fully saturated rings. The van der Waals surface area contributed by atoms with Crippen LogP contribution < -0.4 is 16.6 Å². The van der Waals surface area contributed by atoms with Gasteiger partial charge in [-0.1, -0.05) is 11.6 Å². The van der Waals surface area contributed by atoms with Crippen LogP contribution in [0.25, 0.3) is 11.2 Å². The molecule has 0 radical (unpaired) electrons. The lowest BCUT2D eigenvalue weighted by Gasteiger charge is -2.09. The Labute approximate surface area is 136 Å². The summed E-state index contributed by atoms with van der Waals surface area (Å²) in [6.07, 6.45) is 1.58. The molecule has 0 saturated heterocycles. The summed E-state index contributed by atoms with van der Waals surface area (Å²) < 4.78 is 4.22. The molecule has 2 aromatic heterocycles. The van der Waals surface area contributed by atoms with Crippen LogP contribution in [0.1, 0.15) is 0 Å². The summed E-state index contributed by atoms with van der Waals surface area (Å²) in [6.45, 7) is 1.16. The molecule has 23 heavy (non-hydrogen) atoms. The number of fused-ring (bicyclic) bond motifs is 1.